The molecule has 1 aliphatic rings. The van der Waals surface area contributed by atoms with Crippen LogP contribution in [0.15, 0.2) is 18.5 Å². The number of aliphatic hydroxyl groups is 1. The van der Waals surface area contributed by atoms with Crippen molar-refractivity contribution >= 4 is 0 Å². The summed E-state index contributed by atoms with van der Waals surface area (Å²) in [6.07, 6.45) is 3.27. The number of aliphatic hydroxyl groups excluding tert-OH is 1. The quantitative estimate of drug-likeness (QED) is 0.659. The van der Waals surface area contributed by atoms with Crippen molar-refractivity contribution in [3.63, 3.8) is 0 Å². The SMILES string of the molecule is C[C@@H]1c2cnccc2[C@@H](O)C1(C)C. The molecular weight excluding hydrogens is 162 g/mol. The molecule has 0 radical (unpaired) electrons. The van der Waals surface area contributed by atoms with Crippen LogP contribution in [0.4, 0.5) is 0 Å². The summed E-state index contributed by atoms with van der Waals surface area (Å²) in [6.45, 7) is 6.35. The zero-order valence-corrected chi connectivity index (χ0v) is 8.28. The van der Waals surface area contributed by atoms with E-state index in [4.69, 9.17) is 0 Å². The van der Waals surface area contributed by atoms with Gasteiger partial charge in [0.15, 0.2) is 0 Å². The molecule has 1 aliphatic carbocycles. The molecule has 70 valence electrons. The summed E-state index contributed by atoms with van der Waals surface area (Å²) in [5.74, 6) is 0.381. The van der Waals surface area contributed by atoms with E-state index >= 15 is 0 Å². The van der Waals surface area contributed by atoms with E-state index in [1.165, 1.54) is 5.56 Å². The van der Waals surface area contributed by atoms with Crippen molar-refractivity contribution in [3.8, 4) is 0 Å². The topological polar surface area (TPSA) is 33.1 Å². The summed E-state index contributed by atoms with van der Waals surface area (Å²) < 4.78 is 0. The van der Waals surface area contributed by atoms with Crippen LogP contribution in [0.1, 0.15) is 43.9 Å². The van der Waals surface area contributed by atoms with Crippen LogP contribution in [-0.4, -0.2) is 10.1 Å². The van der Waals surface area contributed by atoms with Crippen molar-refractivity contribution in [2.24, 2.45) is 5.41 Å². The summed E-state index contributed by atoms with van der Waals surface area (Å²) in [5.41, 5.74) is 2.18. The van der Waals surface area contributed by atoms with Crippen molar-refractivity contribution < 1.29 is 5.11 Å². The van der Waals surface area contributed by atoms with Crippen molar-refractivity contribution in [1.82, 2.24) is 4.98 Å². The molecule has 2 atom stereocenters. The molecule has 0 aliphatic heterocycles. The maximum absolute atomic E-state index is 10.1. The number of fused-ring (bicyclic) bond motifs is 1. The second-order valence-electron chi connectivity index (χ2n) is 4.45. The summed E-state index contributed by atoms with van der Waals surface area (Å²) in [5, 5.41) is 10.1. The molecule has 1 heterocycles. The largest absolute Gasteiger partial charge is 0.388 e. The van der Waals surface area contributed by atoms with Crippen LogP contribution in [0, 0.1) is 5.41 Å². The van der Waals surface area contributed by atoms with Crippen molar-refractivity contribution in [2.75, 3.05) is 0 Å². The van der Waals surface area contributed by atoms with Gasteiger partial charge in [0.25, 0.3) is 0 Å². The van der Waals surface area contributed by atoms with Crippen LogP contribution < -0.4 is 0 Å². The average Bonchev–Trinajstić information content (AvgIpc) is 2.30. The van der Waals surface area contributed by atoms with Gasteiger partial charge in [-0.25, -0.2) is 0 Å². The lowest BCUT2D eigenvalue weighted by Crippen LogP contribution is -2.20. The molecule has 1 aromatic rings. The zero-order chi connectivity index (χ0) is 9.64. The highest BCUT2D eigenvalue weighted by molar-refractivity contribution is 5.37. The molecule has 1 aromatic heterocycles. The first-order valence-electron chi connectivity index (χ1n) is 4.67. The van der Waals surface area contributed by atoms with Crippen molar-refractivity contribution in [2.45, 2.75) is 32.8 Å². The molecular formula is C11H15NO. The fourth-order valence-electron chi connectivity index (χ4n) is 2.07. The summed E-state index contributed by atoms with van der Waals surface area (Å²) in [6, 6.07) is 1.92. The maximum atomic E-state index is 10.1. The van der Waals surface area contributed by atoms with Gasteiger partial charge in [0.2, 0.25) is 0 Å². The van der Waals surface area contributed by atoms with Gasteiger partial charge in [-0.2, -0.15) is 0 Å². The highest BCUT2D eigenvalue weighted by Gasteiger charge is 2.43. The Morgan fingerprint density at radius 3 is 2.69 bits per heavy atom. The van der Waals surface area contributed by atoms with E-state index in [1.54, 1.807) is 6.20 Å². The van der Waals surface area contributed by atoms with Gasteiger partial charge in [0.1, 0.15) is 0 Å². The van der Waals surface area contributed by atoms with E-state index in [9.17, 15) is 5.11 Å². The lowest BCUT2D eigenvalue weighted by Gasteiger charge is -2.27. The third-order valence-electron chi connectivity index (χ3n) is 3.47. The number of nitrogens with zero attached hydrogens (tertiary/aromatic N) is 1. The molecule has 0 aromatic carbocycles. The second-order valence-corrected chi connectivity index (χ2v) is 4.45. The minimum atomic E-state index is -0.347. The van der Waals surface area contributed by atoms with Gasteiger partial charge in [-0.3, -0.25) is 4.98 Å². The van der Waals surface area contributed by atoms with Crippen molar-refractivity contribution in [3.05, 3.63) is 29.6 Å². The standard InChI is InChI=1S/C11H15NO/c1-7-9-6-12-5-4-8(9)10(13)11(7,2)3/h4-7,10,13H,1-3H3/t7-,10-/m1/s1. The summed E-state index contributed by atoms with van der Waals surface area (Å²) >= 11 is 0. The number of pyridine rings is 1. The van der Waals surface area contributed by atoms with Crippen molar-refractivity contribution in [1.29, 1.82) is 0 Å². The molecule has 0 amide bonds. The Hall–Kier alpha value is -0.890. The molecule has 2 heteroatoms. The number of hydrogen-bond donors (Lipinski definition) is 1. The van der Waals surface area contributed by atoms with E-state index in [-0.39, 0.29) is 11.5 Å². The Kier molecular flexibility index (Phi) is 1.70. The Morgan fingerprint density at radius 1 is 1.38 bits per heavy atom. The minimum absolute atomic E-state index is 0.0641. The zero-order valence-electron chi connectivity index (χ0n) is 8.28. The molecule has 0 bridgehead atoms. The van der Waals surface area contributed by atoms with Gasteiger partial charge in [-0.05, 0) is 23.1 Å². The van der Waals surface area contributed by atoms with Gasteiger partial charge in [-0.1, -0.05) is 20.8 Å². The Labute approximate surface area is 78.6 Å². The first-order chi connectivity index (χ1) is 6.05. The van der Waals surface area contributed by atoms with Gasteiger partial charge in [-0.15, -0.1) is 0 Å². The third kappa shape index (κ3) is 1.02. The molecule has 1 N–H and O–H groups in total. The minimum Gasteiger partial charge on any atom is -0.388 e. The fraction of sp³-hybridized carbons (Fsp3) is 0.545. The Balaban J connectivity index is 2.57. The van der Waals surface area contributed by atoms with E-state index < -0.39 is 0 Å². The average molecular weight is 177 g/mol. The summed E-state index contributed by atoms with van der Waals surface area (Å²) in [7, 11) is 0. The fourth-order valence-corrected chi connectivity index (χ4v) is 2.07. The molecule has 0 unspecified atom stereocenters. The lowest BCUT2D eigenvalue weighted by molar-refractivity contribution is 0.0524. The van der Waals surface area contributed by atoms with E-state index in [2.05, 4.69) is 25.8 Å². The van der Waals surface area contributed by atoms with Gasteiger partial charge >= 0.3 is 0 Å². The third-order valence-corrected chi connectivity index (χ3v) is 3.47. The lowest BCUT2D eigenvalue weighted by atomic mass is 9.80. The van der Waals surface area contributed by atoms with E-state index in [0.29, 0.717) is 5.92 Å². The number of hydrogen-bond acceptors (Lipinski definition) is 2. The molecule has 0 fully saturated rings. The number of aromatic nitrogens is 1. The van der Waals surface area contributed by atoms with Gasteiger partial charge < -0.3 is 5.11 Å². The first-order valence-corrected chi connectivity index (χ1v) is 4.67. The molecule has 2 rings (SSSR count). The monoisotopic (exact) mass is 177 g/mol. The van der Waals surface area contributed by atoms with E-state index in [0.717, 1.165) is 5.56 Å². The number of rotatable bonds is 0. The molecule has 2 nitrogen and oxygen atoms in total. The second kappa shape index (κ2) is 2.55. The van der Waals surface area contributed by atoms with Crippen LogP contribution in [0.5, 0.6) is 0 Å². The van der Waals surface area contributed by atoms with Crippen LogP contribution in [-0.2, 0) is 0 Å². The van der Waals surface area contributed by atoms with Gasteiger partial charge in [0.05, 0.1) is 6.10 Å². The summed E-state index contributed by atoms with van der Waals surface area (Å²) in [4.78, 5) is 4.10. The van der Waals surface area contributed by atoms with Crippen LogP contribution in [0.25, 0.3) is 0 Å². The van der Waals surface area contributed by atoms with Gasteiger partial charge in [0, 0.05) is 17.8 Å². The predicted octanol–water partition coefficient (Wildman–Crippen LogP) is 2.26. The Bertz CT molecular complexity index is 302. The Morgan fingerprint density at radius 2 is 2.08 bits per heavy atom. The smallest absolute Gasteiger partial charge is 0.0850 e. The highest BCUT2D eigenvalue weighted by Crippen LogP contribution is 2.52. The van der Waals surface area contributed by atoms with Crippen LogP contribution in [0.3, 0.4) is 0 Å². The molecule has 0 spiro atoms. The first kappa shape index (κ1) is 8.70. The van der Waals surface area contributed by atoms with E-state index in [1.807, 2.05) is 12.3 Å². The van der Waals surface area contributed by atoms with Crippen LogP contribution >= 0.6 is 0 Å². The van der Waals surface area contributed by atoms with Crippen LogP contribution in [0.2, 0.25) is 0 Å². The molecule has 0 saturated heterocycles. The molecule has 13 heavy (non-hydrogen) atoms. The maximum Gasteiger partial charge on any atom is 0.0850 e. The molecule has 0 saturated carbocycles. The highest BCUT2D eigenvalue weighted by atomic mass is 16.3. The normalized spacial score (nSPS) is 30.2. The predicted molar refractivity (Wildman–Crippen MR) is 51.4 cm³/mol.